The van der Waals surface area contributed by atoms with Gasteiger partial charge in [-0.3, -0.25) is 10.2 Å². The Morgan fingerprint density at radius 3 is 1.85 bits per heavy atom. The summed E-state index contributed by atoms with van der Waals surface area (Å²) < 4.78 is 40.4. The van der Waals surface area contributed by atoms with Crippen LogP contribution in [0.25, 0.3) is 11.1 Å². The molecule has 4 aromatic carbocycles. The number of hydrogen-bond donors (Lipinski definition) is 3. The van der Waals surface area contributed by atoms with E-state index in [0.29, 0.717) is 16.9 Å². The molecule has 8 nitrogen and oxygen atoms in total. The van der Waals surface area contributed by atoms with Crippen LogP contribution in [0.4, 0.5) is 29.7 Å². The molecule has 2 saturated heterocycles. The van der Waals surface area contributed by atoms with Crippen molar-refractivity contribution in [1.29, 1.82) is 0 Å². The number of carbonyl (C=O) groups excluding carboxylic acids is 2. The van der Waals surface area contributed by atoms with E-state index < -0.39 is 12.2 Å². The van der Waals surface area contributed by atoms with Crippen molar-refractivity contribution >= 4 is 34.7 Å². The summed E-state index contributed by atoms with van der Waals surface area (Å²) in [6.45, 7) is 5.48. The molecule has 0 spiro atoms. The Labute approximate surface area is 309 Å². The highest BCUT2D eigenvalue weighted by Crippen LogP contribution is 2.34. The highest BCUT2D eigenvalue weighted by molar-refractivity contribution is 5.89. The van der Waals surface area contributed by atoms with Gasteiger partial charge in [-0.25, -0.2) is 18.4 Å². The van der Waals surface area contributed by atoms with E-state index in [4.69, 9.17) is 9.47 Å². The lowest BCUT2D eigenvalue weighted by Crippen LogP contribution is -2.27. The zero-order chi connectivity index (χ0) is 37.2. The molecule has 2 aliphatic rings. The third kappa shape index (κ3) is 9.57. The standard InChI is InChI=1S/C43H46F2N4O4/c1-3-52-42(50)48-37-13-9-30(10-14-37)41(33-19-24-47-25-20-33)35-8-7-29(39(45)28-35)21-26-53-43(51)49(2)38-15-11-31(12-16-38)40(32-17-22-46-23-18-32)34-5-4-6-36(44)27-34/h4-16,27-28,46-47H,3,17-26H2,1-2H3,(H,48,50). The Bertz CT molecular complexity index is 1960. The van der Waals surface area contributed by atoms with Crippen LogP contribution >= 0.6 is 0 Å². The van der Waals surface area contributed by atoms with Crippen molar-refractivity contribution in [3.05, 3.63) is 142 Å². The van der Waals surface area contributed by atoms with Crippen molar-refractivity contribution in [3.63, 3.8) is 0 Å². The number of benzene rings is 4. The molecule has 3 N–H and O–H groups in total. The van der Waals surface area contributed by atoms with E-state index >= 15 is 4.39 Å². The van der Waals surface area contributed by atoms with Gasteiger partial charge >= 0.3 is 12.2 Å². The van der Waals surface area contributed by atoms with Gasteiger partial charge in [0, 0.05) is 24.8 Å². The summed E-state index contributed by atoms with van der Waals surface area (Å²) in [4.78, 5) is 26.3. The fourth-order valence-electron chi connectivity index (χ4n) is 6.96. The zero-order valence-corrected chi connectivity index (χ0v) is 30.3. The van der Waals surface area contributed by atoms with E-state index in [0.717, 1.165) is 85.3 Å². The van der Waals surface area contributed by atoms with E-state index in [1.54, 1.807) is 38.2 Å². The molecule has 0 bridgehead atoms. The summed E-state index contributed by atoms with van der Waals surface area (Å²) in [7, 11) is 1.64. The molecule has 2 heterocycles. The number of carbonyl (C=O) groups is 2. The first kappa shape index (κ1) is 37.4. The van der Waals surface area contributed by atoms with Gasteiger partial charge in [-0.1, -0.05) is 59.7 Å². The number of amides is 2. The van der Waals surface area contributed by atoms with Gasteiger partial charge in [-0.05, 0) is 140 Å². The van der Waals surface area contributed by atoms with Crippen LogP contribution in [0.2, 0.25) is 0 Å². The summed E-state index contributed by atoms with van der Waals surface area (Å²) in [6, 6.07) is 27.0. The third-order valence-electron chi connectivity index (χ3n) is 9.69. The van der Waals surface area contributed by atoms with Crippen LogP contribution in [0, 0.1) is 11.6 Å². The Kier molecular flexibility index (Phi) is 12.7. The highest BCUT2D eigenvalue weighted by Gasteiger charge is 2.19. The van der Waals surface area contributed by atoms with Crippen molar-refractivity contribution in [2.45, 2.75) is 39.0 Å². The van der Waals surface area contributed by atoms with E-state index in [-0.39, 0.29) is 31.3 Å². The summed E-state index contributed by atoms with van der Waals surface area (Å²) in [5.41, 5.74) is 9.71. The number of rotatable bonds is 10. The molecule has 6 rings (SSSR count). The molecule has 2 amide bonds. The first-order chi connectivity index (χ1) is 25.8. The second-order valence-electron chi connectivity index (χ2n) is 13.2. The maximum absolute atomic E-state index is 15.6. The fourth-order valence-corrected chi connectivity index (χ4v) is 6.96. The first-order valence-corrected chi connectivity index (χ1v) is 18.3. The molecule has 53 heavy (non-hydrogen) atoms. The number of ether oxygens (including phenoxy) is 2. The minimum Gasteiger partial charge on any atom is -0.450 e. The zero-order valence-electron chi connectivity index (χ0n) is 30.3. The number of halogens is 2. The number of piperidine rings is 2. The van der Waals surface area contributed by atoms with Crippen molar-refractivity contribution in [1.82, 2.24) is 10.6 Å². The van der Waals surface area contributed by atoms with Crippen LogP contribution in [-0.2, 0) is 15.9 Å². The molecular weight excluding hydrogens is 674 g/mol. The molecular formula is C43H46F2N4O4. The largest absolute Gasteiger partial charge is 0.450 e. The number of nitrogens with zero attached hydrogens (tertiary/aromatic N) is 1. The summed E-state index contributed by atoms with van der Waals surface area (Å²) in [5.74, 6) is -0.649. The molecule has 276 valence electrons. The Hall–Kier alpha value is -5.32. The molecule has 2 aliphatic heterocycles. The van der Waals surface area contributed by atoms with Gasteiger partial charge in [0.1, 0.15) is 11.6 Å². The van der Waals surface area contributed by atoms with Gasteiger partial charge in [0.25, 0.3) is 0 Å². The molecule has 0 radical (unpaired) electrons. The van der Waals surface area contributed by atoms with Gasteiger partial charge in [-0.2, -0.15) is 0 Å². The summed E-state index contributed by atoms with van der Waals surface area (Å²) in [6.07, 6.45) is 2.61. The smallest absolute Gasteiger partial charge is 0.414 e. The summed E-state index contributed by atoms with van der Waals surface area (Å²) >= 11 is 0. The molecule has 0 unspecified atom stereocenters. The molecule has 0 aliphatic carbocycles. The first-order valence-electron chi connectivity index (χ1n) is 18.3. The van der Waals surface area contributed by atoms with Gasteiger partial charge in [0.05, 0.1) is 13.2 Å². The second-order valence-corrected chi connectivity index (χ2v) is 13.2. The lowest BCUT2D eigenvalue weighted by molar-refractivity contribution is 0.156. The van der Waals surface area contributed by atoms with Gasteiger partial charge in [0.2, 0.25) is 0 Å². The van der Waals surface area contributed by atoms with Crippen molar-refractivity contribution in [2.24, 2.45) is 0 Å². The van der Waals surface area contributed by atoms with Gasteiger partial charge in [0.15, 0.2) is 0 Å². The molecule has 0 atom stereocenters. The average Bonchev–Trinajstić information content (AvgIpc) is 3.17. The number of nitrogens with one attached hydrogen (secondary N) is 3. The molecule has 0 aromatic heterocycles. The van der Waals surface area contributed by atoms with E-state index in [1.807, 2.05) is 60.7 Å². The predicted molar refractivity (Wildman–Crippen MR) is 206 cm³/mol. The molecule has 0 saturated carbocycles. The minimum atomic E-state index is -0.546. The third-order valence-corrected chi connectivity index (χ3v) is 9.69. The van der Waals surface area contributed by atoms with E-state index in [9.17, 15) is 14.0 Å². The normalized spacial score (nSPS) is 14.3. The van der Waals surface area contributed by atoms with Gasteiger partial charge < -0.3 is 20.1 Å². The molecule has 4 aromatic rings. The van der Waals surface area contributed by atoms with Crippen LogP contribution in [0.3, 0.4) is 0 Å². The number of hydrogen-bond acceptors (Lipinski definition) is 6. The quantitative estimate of drug-likeness (QED) is 0.152. The lowest BCUT2D eigenvalue weighted by atomic mass is 9.88. The topological polar surface area (TPSA) is 91.9 Å². The molecule has 2 fully saturated rings. The van der Waals surface area contributed by atoms with Crippen LogP contribution < -0.4 is 20.9 Å². The SMILES string of the molecule is CCOC(=O)Nc1ccc(C(=C2CCNCC2)c2ccc(CCOC(=O)N(C)c3ccc(C(=C4CCNCC4)c4cccc(F)c4)cc3)c(F)c2)cc1. The van der Waals surface area contributed by atoms with E-state index in [1.165, 1.54) is 22.1 Å². The summed E-state index contributed by atoms with van der Waals surface area (Å²) in [5, 5.41) is 9.48. The predicted octanol–water partition coefficient (Wildman–Crippen LogP) is 8.72. The van der Waals surface area contributed by atoms with E-state index in [2.05, 4.69) is 16.0 Å². The average molecular weight is 721 g/mol. The Morgan fingerprint density at radius 1 is 0.717 bits per heavy atom. The monoisotopic (exact) mass is 720 g/mol. The maximum atomic E-state index is 15.6. The van der Waals surface area contributed by atoms with Crippen LogP contribution in [0.5, 0.6) is 0 Å². The second kappa shape index (κ2) is 17.9. The van der Waals surface area contributed by atoms with Crippen LogP contribution in [-0.4, -0.2) is 58.6 Å². The van der Waals surface area contributed by atoms with Crippen molar-refractivity contribution in [3.8, 4) is 0 Å². The van der Waals surface area contributed by atoms with Crippen LogP contribution in [0.1, 0.15) is 60.4 Å². The number of anilines is 2. The maximum Gasteiger partial charge on any atom is 0.414 e. The van der Waals surface area contributed by atoms with Crippen molar-refractivity contribution < 1.29 is 27.8 Å². The Balaban J connectivity index is 1.11. The lowest BCUT2D eigenvalue weighted by Gasteiger charge is -2.22. The Morgan fingerprint density at radius 2 is 1.28 bits per heavy atom. The van der Waals surface area contributed by atoms with Crippen LogP contribution in [0.15, 0.2) is 102 Å². The minimum absolute atomic E-state index is 0.00984. The van der Waals surface area contributed by atoms with Crippen molar-refractivity contribution in [2.75, 3.05) is 56.7 Å². The highest BCUT2D eigenvalue weighted by atomic mass is 19.1. The van der Waals surface area contributed by atoms with Gasteiger partial charge in [-0.15, -0.1) is 0 Å². The fraction of sp³-hybridized carbons (Fsp3) is 0.302. The molecule has 10 heteroatoms.